The summed E-state index contributed by atoms with van der Waals surface area (Å²) in [6.07, 6.45) is 4.12. The third kappa shape index (κ3) is 2.41. The highest BCUT2D eigenvalue weighted by atomic mass is 79.9. The molecule has 1 spiro atoms. The maximum atomic E-state index is 9.88. The molecule has 2 heterocycles. The molecule has 0 unspecified atom stereocenters. The summed E-state index contributed by atoms with van der Waals surface area (Å²) in [5.41, 5.74) is 4.10. The zero-order valence-corrected chi connectivity index (χ0v) is 13.9. The molecular formula is C18H22BrNO. The van der Waals surface area contributed by atoms with E-state index in [2.05, 4.69) is 30.3 Å². The minimum absolute atomic E-state index is 0. The summed E-state index contributed by atoms with van der Waals surface area (Å²) < 4.78 is 1.23. The number of aliphatic hydroxyl groups excluding tert-OH is 1. The van der Waals surface area contributed by atoms with Crippen LogP contribution in [0, 0.1) is 0 Å². The molecular weight excluding hydrogens is 326 g/mol. The van der Waals surface area contributed by atoms with Crippen molar-refractivity contribution in [2.75, 3.05) is 13.1 Å². The van der Waals surface area contributed by atoms with E-state index in [0.717, 1.165) is 6.54 Å². The molecule has 2 aliphatic heterocycles. The molecule has 3 heteroatoms. The highest BCUT2D eigenvalue weighted by Crippen LogP contribution is 2.38. The van der Waals surface area contributed by atoms with Gasteiger partial charge in [-0.05, 0) is 41.7 Å². The van der Waals surface area contributed by atoms with Crippen molar-refractivity contribution in [3.05, 3.63) is 47.0 Å². The molecule has 2 aromatic carbocycles. The summed E-state index contributed by atoms with van der Waals surface area (Å²) in [5.74, 6) is 0. The largest absolute Gasteiger partial charge is 1.00 e. The quantitative estimate of drug-likeness (QED) is 0.738. The van der Waals surface area contributed by atoms with Crippen LogP contribution in [0.4, 0.5) is 0 Å². The smallest absolute Gasteiger partial charge is 0.105 e. The van der Waals surface area contributed by atoms with E-state index in [1.54, 1.807) is 0 Å². The summed E-state index contributed by atoms with van der Waals surface area (Å²) in [7, 11) is 0. The molecule has 0 radical (unpaired) electrons. The van der Waals surface area contributed by atoms with Gasteiger partial charge >= 0.3 is 0 Å². The molecule has 1 N–H and O–H groups in total. The third-order valence-electron chi connectivity index (χ3n) is 5.29. The van der Waals surface area contributed by atoms with Crippen molar-refractivity contribution < 1.29 is 26.6 Å². The Kier molecular flexibility index (Phi) is 4.08. The molecule has 21 heavy (non-hydrogen) atoms. The Morgan fingerprint density at radius 3 is 2.52 bits per heavy atom. The van der Waals surface area contributed by atoms with Gasteiger partial charge in [-0.1, -0.05) is 24.3 Å². The molecule has 0 amide bonds. The van der Waals surface area contributed by atoms with Gasteiger partial charge in [-0.3, -0.25) is 0 Å². The predicted octanol–water partition coefficient (Wildman–Crippen LogP) is 0.350. The van der Waals surface area contributed by atoms with E-state index >= 15 is 0 Å². The van der Waals surface area contributed by atoms with Crippen molar-refractivity contribution in [1.29, 1.82) is 0 Å². The SMILES string of the molecule is OCc1c2c(cc3ccccc13)C[N+]1(CCCCC1)C2.[Br-]. The van der Waals surface area contributed by atoms with Gasteiger partial charge in [-0.25, -0.2) is 0 Å². The topological polar surface area (TPSA) is 20.2 Å². The normalized spacial score (nSPS) is 19.5. The number of fused-ring (bicyclic) bond motifs is 2. The number of nitrogens with zero attached hydrogens (tertiary/aromatic N) is 1. The molecule has 0 aromatic heterocycles. The lowest BCUT2D eigenvalue weighted by atomic mass is 9.96. The van der Waals surface area contributed by atoms with E-state index in [4.69, 9.17) is 0 Å². The molecule has 2 aromatic rings. The van der Waals surface area contributed by atoms with E-state index in [1.165, 1.54) is 70.8 Å². The second kappa shape index (κ2) is 5.71. The van der Waals surface area contributed by atoms with E-state index in [9.17, 15) is 5.11 Å². The van der Waals surface area contributed by atoms with Gasteiger partial charge in [-0.15, -0.1) is 0 Å². The summed E-state index contributed by atoms with van der Waals surface area (Å²) in [4.78, 5) is 0. The van der Waals surface area contributed by atoms with Gasteiger partial charge in [0.15, 0.2) is 0 Å². The van der Waals surface area contributed by atoms with Gasteiger partial charge in [0.1, 0.15) is 13.1 Å². The number of piperidine rings is 1. The summed E-state index contributed by atoms with van der Waals surface area (Å²) in [6, 6.07) is 10.9. The van der Waals surface area contributed by atoms with Crippen LogP contribution >= 0.6 is 0 Å². The number of halogens is 1. The van der Waals surface area contributed by atoms with Crippen LogP contribution in [0.3, 0.4) is 0 Å². The Labute approximate surface area is 136 Å². The van der Waals surface area contributed by atoms with Crippen LogP contribution in [0.25, 0.3) is 10.8 Å². The first-order chi connectivity index (χ1) is 9.81. The lowest BCUT2D eigenvalue weighted by molar-refractivity contribution is -0.951. The van der Waals surface area contributed by atoms with Gasteiger partial charge in [0.2, 0.25) is 0 Å². The number of aliphatic hydroxyl groups is 1. The number of rotatable bonds is 1. The number of hydrogen-bond acceptors (Lipinski definition) is 1. The third-order valence-corrected chi connectivity index (χ3v) is 5.29. The molecule has 0 aliphatic carbocycles. The highest BCUT2D eigenvalue weighted by molar-refractivity contribution is 5.87. The van der Waals surface area contributed by atoms with Crippen LogP contribution in [0.2, 0.25) is 0 Å². The van der Waals surface area contributed by atoms with E-state index in [0.29, 0.717) is 0 Å². The minimum atomic E-state index is 0. The van der Waals surface area contributed by atoms with E-state index in [1.807, 2.05) is 0 Å². The Morgan fingerprint density at radius 2 is 1.76 bits per heavy atom. The maximum absolute atomic E-state index is 9.88. The first-order valence-electron chi connectivity index (χ1n) is 7.80. The Hall–Kier alpha value is -0.900. The van der Waals surface area contributed by atoms with Gasteiger partial charge in [-0.2, -0.15) is 0 Å². The molecule has 112 valence electrons. The predicted molar refractivity (Wildman–Crippen MR) is 81.1 cm³/mol. The van der Waals surface area contributed by atoms with Gasteiger partial charge in [0, 0.05) is 11.1 Å². The van der Waals surface area contributed by atoms with Crippen molar-refractivity contribution in [2.45, 2.75) is 39.0 Å². The highest BCUT2D eigenvalue weighted by Gasteiger charge is 2.38. The molecule has 2 nitrogen and oxygen atoms in total. The van der Waals surface area contributed by atoms with Crippen molar-refractivity contribution in [1.82, 2.24) is 0 Å². The monoisotopic (exact) mass is 347 g/mol. The lowest BCUT2D eigenvalue weighted by Crippen LogP contribution is -3.00. The molecule has 0 atom stereocenters. The van der Waals surface area contributed by atoms with Crippen LogP contribution in [0.15, 0.2) is 30.3 Å². The molecule has 1 fully saturated rings. The number of quaternary nitrogens is 1. The fraction of sp³-hybridized carbons (Fsp3) is 0.444. The average molecular weight is 348 g/mol. The van der Waals surface area contributed by atoms with Gasteiger partial charge in [0.25, 0.3) is 0 Å². The molecule has 0 saturated carbocycles. The average Bonchev–Trinajstić information content (AvgIpc) is 2.82. The minimum Gasteiger partial charge on any atom is -1.00 e. The van der Waals surface area contributed by atoms with Crippen molar-refractivity contribution in [2.24, 2.45) is 0 Å². The first kappa shape index (κ1) is 15.0. The zero-order chi connectivity index (χ0) is 13.6. The second-order valence-corrected chi connectivity index (χ2v) is 6.54. The Morgan fingerprint density at radius 1 is 1.00 bits per heavy atom. The van der Waals surface area contributed by atoms with Crippen LogP contribution < -0.4 is 17.0 Å². The maximum Gasteiger partial charge on any atom is 0.105 e. The van der Waals surface area contributed by atoms with Crippen molar-refractivity contribution >= 4 is 10.8 Å². The van der Waals surface area contributed by atoms with Crippen LogP contribution in [0.1, 0.15) is 36.0 Å². The van der Waals surface area contributed by atoms with Gasteiger partial charge in [0.05, 0.1) is 19.7 Å². The summed E-state index contributed by atoms with van der Waals surface area (Å²) >= 11 is 0. The summed E-state index contributed by atoms with van der Waals surface area (Å²) in [6.45, 7) is 5.11. The fourth-order valence-corrected chi connectivity index (χ4v) is 4.30. The van der Waals surface area contributed by atoms with Crippen LogP contribution in [-0.4, -0.2) is 22.7 Å². The van der Waals surface area contributed by atoms with Crippen molar-refractivity contribution in [3.63, 3.8) is 0 Å². The molecule has 1 saturated heterocycles. The van der Waals surface area contributed by atoms with Crippen LogP contribution in [-0.2, 0) is 19.7 Å². The Balaban J connectivity index is 0.00000132. The fourth-order valence-electron chi connectivity index (χ4n) is 4.30. The van der Waals surface area contributed by atoms with Crippen LogP contribution in [0.5, 0.6) is 0 Å². The van der Waals surface area contributed by atoms with Crippen molar-refractivity contribution in [3.8, 4) is 0 Å². The number of benzene rings is 2. The van der Waals surface area contributed by atoms with E-state index in [-0.39, 0.29) is 23.6 Å². The molecule has 2 aliphatic rings. The van der Waals surface area contributed by atoms with E-state index < -0.39 is 0 Å². The first-order valence-corrected chi connectivity index (χ1v) is 7.80. The Bertz CT molecular complexity index is 662. The molecule has 4 rings (SSSR count). The second-order valence-electron chi connectivity index (χ2n) is 6.54. The standard InChI is InChI=1S/C18H22NO.BrH/c20-13-18-16-7-3-2-6-14(16)10-15-11-19(12-17(15)18)8-4-1-5-9-19;/h2-3,6-7,10,20H,1,4-5,8-9,11-13H2;1H/q+1;/p-1. The zero-order valence-electron chi connectivity index (χ0n) is 12.3. The van der Waals surface area contributed by atoms with Gasteiger partial charge < -0.3 is 26.6 Å². The summed E-state index contributed by atoms with van der Waals surface area (Å²) in [5, 5.41) is 12.4. The lowest BCUT2D eigenvalue weighted by Gasteiger charge is -2.37. The molecule has 0 bridgehead atoms. The number of hydrogen-bond donors (Lipinski definition) is 1.